The fourth-order valence-electron chi connectivity index (χ4n) is 3.66. The Morgan fingerprint density at radius 2 is 2.00 bits per heavy atom. The summed E-state index contributed by atoms with van der Waals surface area (Å²) in [5.41, 5.74) is 3.31. The molecular weight excluding hydrogens is 318 g/mol. The van der Waals surface area contributed by atoms with Gasteiger partial charge in [-0.05, 0) is 38.7 Å². The summed E-state index contributed by atoms with van der Waals surface area (Å²) in [5, 5.41) is 12.5. The van der Waals surface area contributed by atoms with Crippen molar-refractivity contribution in [3.8, 4) is 0 Å². The minimum absolute atomic E-state index is 0.0905. The Morgan fingerprint density at radius 1 is 1.20 bits per heavy atom. The van der Waals surface area contributed by atoms with Gasteiger partial charge in [-0.25, -0.2) is 0 Å². The van der Waals surface area contributed by atoms with Crippen molar-refractivity contribution in [1.29, 1.82) is 0 Å². The van der Waals surface area contributed by atoms with Gasteiger partial charge in [-0.2, -0.15) is 5.10 Å². The predicted octanol–water partition coefficient (Wildman–Crippen LogP) is 2.80. The van der Waals surface area contributed by atoms with Crippen molar-refractivity contribution in [2.75, 3.05) is 6.54 Å². The Bertz CT molecular complexity index is 749. The van der Waals surface area contributed by atoms with Crippen LogP contribution in [0.5, 0.6) is 0 Å². The molecule has 0 N–H and O–H groups in total. The average molecular weight is 345 g/mol. The van der Waals surface area contributed by atoms with E-state index in [0.717, 1.165) is 50.0 Å². The molecule has 1 aliphatic heterocycles. The van der Waals surface area contributed by atoms with Gasteiger partial charge in [0.2, 0.25) is 17.7 Å². The summed E-state index contributed by atoms with van der Waals surface area (Å²) in [7, 11) is 1.94. The molecule has 7 heteroatoms. The number of likely N-dealkylation sites (tertiary alicyclic amines) is 1. The largest absolute Gasteiger partial charge is 0.423 e. The second-order valence-corrected chi connectivity index (χ2v) is 6.88. The van der Waals surface area contributed by atoms with E-state index < -0.39 is 0 Å². The van der Waals surface area contributed by atoms with Crippen LogP contribution in [0.3, 0.4) is 0 Å². The second-order valence-electron chi connectivity index (χ2n) is 6.88. The van der Waals surface area contributed by atoms with Gasteiger partial charge < -0.3 is 9.32 Å². The van der Waals surface area contributed by atoms with Crippen molar-refractivity contribution in [1.82, 2.24) is 24.9 Å². The standard InChI is InChI=1S/C18H27N5O2/c1-12-15(13(2)22(4)21-12)9-10-17(24)23-11-7-5-6-8-16(23)18-20-19-14(3)25-18/h16H,5-11H2,1-4H3. The average Bonchev–Trinajstić information content (AvgIpc) is 2.99. The molecule has 0 radical (unpaired) electrons. The Hall–Kier alpha value is -2.18. The van der Waals surface area contributed by atoms with E-state index in [0.29, 0.717) is 18.2 Å². The van der Waals surface area contributed by atoms with E-state index in [9.17, 15) is 4.79 Å². The van der Waals surface area contributed by atoms with E-state index in [1.807, 2.05) is 23.6 Å². The zero-order chi connectivity index (χ0) is 18.0. The molecule has 136 valence electrons. The second kappa shape index (κ2) is 7.37. The Balaban J connectivity index is 1.73. The summed E-state index contributed by atoms with van der Waals surface area (Å²) in [6, 6.07) is -0.0905. The molecule has 0 bridgehead atoms. The van der Waals surface area contributed by atoms with Gasteiger partial charge in [0.1, 0.15) is 6.04 Å². The van der Waals surface area contributed by atoms with Crippen LogP contribution in [-0.2, 0) is 18.3 Å². The van der Waals surface area contributed by atoms with Crippen molar-refractivity contribution in [3.05, 3.63) is 28.7 Å². The highest BCUT2D eigenvalue weighted by molar-refractivity contribution is 5.77. The molecule has 1 atom stereocenters. The molecule has 3 rings (SSSR count). The topological polar surface area (TPSA) is 77.1 Å². The predicted molar refractivity (Wildman–Crippen MR) is 93.0 cm³/mol. The molecule has 0 spiro atoms. The zero-order valence-corrected chi connectivity index (χ0v) is 15.6. The Morgan fingerprint density at radius 3 is 2.64 bits per heavy atom. The first kappa shape index (κ1) is 17.6. The minimum Gasteiger partial charge on any atom is -0.423 e. The number of carbonyl (C=O) groups excluding carboxylic acids is 1. The van der Waals surface area contributed by atoms with Crippen molar-refractivity contribution < 1.29 is 9.21 Å². The first-order chi connectivity index (χ1) is 12.0. The van der Waals surface area contributed by atoms with Crippen LogP contribution < -0.4 is 0 Å². The number of rotatable bonds is 4. The van der Waals surface area contributed by atoms with Gasteiger partial charge in [0.25, 0.3) is 0 Å². The highest BCUT2D eigenvalue weighted by Crippen LogP contribution is 2.30. The number of carbonyl (C=O) groups is 1. The third-order valence-corrected chi connectivity index (χ3v) is 5.15. The molecular formula is C18H27N5O2. The molecule has 25 heavy (non-hydrogen) atoms. The van der Waals surface area contributed by atoms with Gasteiger partial charge in [-0.1, -0.05) is 12.8 Å². The van der Waals surface area contributed by atoms with E-state index in [-0.39, 0.29) is 11.9 Å². The van der Waals surface area contributed by atoms with Gasteiger partial charge in [0.05, 0.1) is 5.69 Å². The number of hydrogen-bond donors (Lipinski definition) is 0. The third-order valence-electron chi connectivity index (χ3n) is 5.15. The van der Waals surface area contributed by atoms with Crippen molar-refractivity contribution in [3.63, 3.8) is 0 Å². The fraction of sp³-hybridized carbons (Fsp3) is 0.667. The van der Waals surface area contributed by atoms with Crippen LogP contribution in [0.25, 0.3) is 0 Å². The molecule has 2 aromatic rings. The van der Waals surface area contributed by atoms with E-state index in [1.165, 1.54) is 5.56 Å². The van der Waals surface area contributed by atoms with Gasteiger partial charge >= 0.3 is 0 Å². The highest BCUT2D eigenvalue weighted by atomic mass is 16.4. The van der Waals surface area contributed by atoms with E-state index in [4.69, 9.17) is 4.42 Å². The van der Waals surface area contributed by atoms with E-state index in [1.54, 1.807) is 6.92 Å². The number of aromatic nitrogens is 4. The summed E-state index contributed by atoms with van der Waals surface area (Å²) in [5.74, 6) is 1.28. The zero-order valence-electron chi connectivity index (χ0n) is 15.6. The maximum Gasteiger partial charge on any atom is 0.238 e. The number of amides is 1. The molecule has 2 aromatic heterocycles. The molecule has 1 saturated heterocycles. The van der Waals surface area contributed by atoms with E-state index in [2.05, 4.69) is 22.2 Å². The maximum absolute atomic E-state index is 13.0. The van der Waals surface area contributed by atoms with E-state index >= 15 is 0 Å². The molecule has 7 nitrogen and oxygen atoms in total. The lowest BCUT2D eigenvalue weighted by molar-refractivity contribution is -0.134. The fourth-order valence-corrected chi connectivity index (χ4v) is 3.66. The maximum atomic E-state index is 13.0. The normalized spacial score (nSPS) is 18.4. The summed E-state index contributed by atoms with van der Waals surface area (Å²) in [6.07, 6.45) is 5.33. The van der Waals surface area contributed by atoms with Gasteiger partial charge in [-0.15, -0.1) is 10.2 Å². The lowest BCUT2D eigenvalue weighted by atomic mass is 10.1. The highest BCUT2D eigenvalue weighted by Gasteiger charge is 2.30. The van der Waals surface area contributed by atoms with Crippen LogP contribution in [-0.4, -0.2) is 37.3 Å². The van der Waals surface area contributed by atoms with Crippen LogP contribution in [0.2, 0.25) is 0 Å². The lowest BCUT2D eigenvalue weighted by Gasteiger charge is -2.27. The smallest absolute Gasteiger partial charge is 0.238 e. The van der Waals surface area contributed by atoms with Gasteiger partial charge in [0.15, 0.2) is 0 Å². The number of aryl methyl sites for hydroxylation is 3. The molecule has 0 aliphatic carbocycles. The molecule has 1 amide bonds. The van der Waals surface area contributed by atoms with Crippen LogP contribution in [0.15, 0.2) is 4.42 Å². The van der Waals surface area contributed by atoms with Crippen LogP contribution in [0.1, 0.15) is 66.9 Å². The van der Waals surface area contributed by atoms with Gasteiger partial charge in [-0.3, -0.25) is 9.48 Å². The first-order valence-corrected chi connectivity index (χ1v) is 9.06. The van der Waals surface area contributed by atoms with Crippen LogP contribution in [0, 0.1) is 20.8 Å². The quantitative estimate of drug-likeness (QED) is 0.851. The summed E-state index contributed by atoms with van der Waals surface area (Å²) in [6.45, 7) is 6.60. The Kier molecular flexibility index (Phi) is 5.20. The van der Waals surface area contributed by atoms with Crippen LogP contribution in [0.4, 0.5) is 0 Å². The molecule has 0 saturated carbocycles. The monoisotopic (exact) mass is 345 g/mol. The Labute approximate surface area is 148 Å². The first-order valence-electron chi connectivity index (χ1n) is 9.06. The summed E-state index contributed by atoms with van der Waals surface area (Å²) in [4.78, 5) is 14.9. The van der Waals surface area contributed by atoms with Crippen molar-refractivity contribution in [2.45, 2.75) is 65.3 Å². The third kappa shape index (κ3) is 3.75. The summed E-state index contributed by atoms with van der Waals surface area (Å²) < 4.78 is 7.51. The number of nitrogens with zero attached hydrogens (tertiary/aromatic N) is 5. The number of hydrogen-bond acceptors (Lipinski definition) is 5. The lowest BCUT2D eigenvalue weighted by Crippen LogP contribution is -2.35. The SMILES string of the molecule is Cc1nnc(C2CCCCCN2C(=O)CCc2c(C)nn(C)c2C)o1. The van der Waals surface area contributed by atoms with Gasteiger partial charge in [0, 0.05) is 32.6 Å². The summed E-state index contributed by atoms with van der Waals surface area (Å²) >= 11 is 0. The van der Waals surface area contributed by atoms with Crippen LogP contribution >= 0.6 is 0 Å². The molecule has 1 fully saturated rings. The molecule has 3 heterocycles. The molecule has 0 aromatic carbocycles. The van der Waals surface area contributed by atoms with Crippen molar-refractivity contribution >= 4 is 5.91 Å². The van der Waals surface area contributed by atoms with Crippen molar-refractivity contribution in [2.24, 2.45) is 7.05 Å². The molecule has 1 aliphatic rings. The minimum atomic E-state index is -0.0905. The molecule has 1 unspecified atom stereocenters.